The van der Waals surface area contributed by atoms with E-state index >= 15 is 0 Å². The molecule has 2 rings (SSSR count). The fourth-order valence-corrected chi connectivity index (χ4v) is 5.36. The Labute approximate surface area is 239 Å². The molecule has 2 unspecified atom stereocenters. The summed E-state index contributed by atoms with van der Waals surface area (Å²) in [4.78, 5) is 42.7. The van der Waals surface area contributed by atoms with Crippen molar-refractivity contribution in [3.05, 3.63) is 35.4 Å². The summed E-state index contributed by atoms with van der Waals surface area (Å²) < 4.78 is 5.47. The Morgan fingerprint density at radius 2 is 1.85 bits per heavy atom. The summed E-state index contributed by atoms with van der Waals surface area (Å²) in [5.41, 5.74) is 0.501. The first-order chi connectivity index (χ1) is 18.6. The second-order valence-corrected chi connectivity index (χ2v) is 12.2. The summed E-state index contributed by atoms with van der Waals surface area (Å²) >= 11 is 1.59. The van der Waals surface area contributed by atoms with E-state index < -0.39 is 23.8 Å². The van der Waals surface area contributed by atoms with E-state index in [4.69, 9.17) is 11.2 Å². The zero-order chi connectivity index (χ0) is 28.8. The summed E-state index contributed by atoms with van der Waals surface area (Å²) in [7, 11) is 0. The minimum Gasteiger partial charge on any atom is -0.444 e. The predicted octanol–water partition coefficient (Wildman–Crippen LogP) is 5.82. The molecule has 1 aliphatic rings. The lowest BCUT2D eigenvalue weighted by Crippen LogP contribution is -2.54. The van der Waals surface area contributed by atoms with E-state index in [1.54, 1.807) is 43.5 Å². The van der Waals surface area contributed by atoms with Crippen LogP contribution in [0.2, 0.25) is 0 Å². The van der Waals surface area contributed by atoms with Gasteiger partial charge in [-0.1, -0.05) is 63.1 Å². The van der Waals surface area contributed by atoms with E-state index in [1.807, 2.05) is 24.5 Å². The van der Waals surface area contributed by atoms with E-state index in [0.29, 0.717) is 29.8 Å². The smallest absolute Gasteiger partial charge is 0.408 e. The Kier molecular flexibility index (Phi) is 13.7. The second-order valence-electron chi connectivity index (χ2n) is 11.2. The molecule has 0 radical (unpaired) electrons. The molecule has 2 atom stereocenters. The molecule has 1 aromatic carbocycles. The average molecular weight is 558 g/mol. The molecule has 3 amide bonds. The van der Waals surface area contributed by atoms with Crippen molar-refractivity contribution >= 4 is 29.7 Å². The lowest BCUT2D eigenvalue weighted by molar-refractivity contribution is -0.143. The minimum absolute atomic E-state index is 0.0755. The van der Waals surface area contributed by atoms with Crippen LogP contribution in [0, 0.1) is 12.3 Å². The van der Waals surface area contributed by atoms with Gasteiger partial charge < -0.3 is 20.3 Å². The fraction of sp³-hybridized carbons (Fsp3) is 0.645. The van der Waals surface area contributed by atoms with Gasteiger partial charge in [0.15, 0.2) is 0 Å². The van der Waals surface area contributed by atoms with Crippen molar-refractivity contribution in [1.82, 2.24) is 15.5 Å². The van der Waals surface area contributed by atoms with E-state index in [-0.39, 0.29) is 17.9 Å². The van der Waals surface area contributed by atoms with Crippen molar-refractivity contribution in [3.63, 3.8) is 0 Å². The van der Waals surface area contributed by atoms with E-state index in [0.717, 1.165) is 44.9 Å². The number of benzene rings is 1. The van der Waals surface area contributed by atoms with Crippen LogP contribution in [-0.4, -0.2) is 59.0 Å². The highest BCUT2D eigenvalue weighted by molar-refractivity contribution is 7.98. The molecule has 0 heterocycles. The molecule has 0 aliphatic heterocycles. The van der Waals surface area contributed by atoms with Gasteiger partial charge >= 0.3 is 6.09 Å². The van der Waals surface area contributed by atoms with Gasteiger partial charge in [0.25, 0.3) is 0 Å². The maximum Gasteiger partial charge on any atom is 0.408 e. The number of rotatable bonds is 13. The van der Waals surface area contributed by atoms with Gasteiger partial charge in [-0.2, -0.15) is 11.8 Å². The lowest BCUT2D eigenvalue weighted by Gasteiger charge is -2.36. The van der Waals surface area contributed by atoms with Crippen LogP contribution in [0.4, 0.5) is 4.79 Å². The monoisotopic (exact) mass is 557 g/mol. The van der Waals surface area contributed by atoms with Gasteiger partial charge in [0.05, 0.1) is 0 Å². The number of hydrogen-bond donors (Lipinski definition) is 2. The quantitative estimate of drug-likeness (QED) is 0.236. The highest BCUT2D eigenvalue weighted by atomic mass is 32.2. The molecular weight excluding hydrogens is 510 g/mol. The van der Waals surface area contributed by atoms with Gasteiger partial charge in [-0.05, 0) is 70.1 Å². The summed E-state index contributed by atoms with van der Waals surface area (Å²) in [6, 6.07) is 5.65. The number of nitrogens with one attached hydrogen (secondary N) is 2. The number of thioether (sulfide) groups is 1. The van der Waals surface area contributed by atoms with Gasteiger partial charge in [-0.15, -0.1) is 6.42 Å². The molecule has 1 fully saturated rings. The molecule has 7 nitrogen and oxygen atoms in total. The Balaban J connectivity index is 2.50. The normalized spacial score (nSPS) is 15.5. The van der Waals surface area contributed by atoms with Gasteiger partial charge in [0.2, 0.25) is 11.8 Å². The first kappa shape index (κ1) is 32.6. The van der Waals surface area contributed by atoms with E-state index in [2.05, 4.69) is 23.5 Å². The number of ether oxygens (including phenoxy) is 1. The van der Waals surface area contributed by atoms with Gasteiger partial charge in [-0.25, -0.2) is 4.79 Å². The summed E-state index contributed by atoms with van der Waals surface area (Å²) in [6.07, 6.45) is 15.4. The van der Waals surface area contributed by atoms with Crippen molar-refractivity contribution in [3.8, 4) is 12.3 Å². The predicted molar refractivity (Wildman–Crippen MR) is 160 cm³/mol. The Morgan fingerprint density at radius 3 is 2.46 bits per heavy atom. The Hall–Kier alpha value is -2.66. The molecule has 1 aromatic rings. The molecule has 2 N–H and O–H groups in total. The molecule has 0 spiro atoms. The van der Waals surface area contributed by atoms with Crippen LogP contribution in [-0.2, 0) is 14.3 Å². The number of nitrogens with zero attached hydrogens (tertiary/aromatic N) is 1. The molecule has 1 aliphatic carbocycles. The molecular formula is C31H47N3O4S. The maximum absolute atomic E-state index is 14.3. The first-order valence-electron chi connectivity index (χ1n) is 14.3. The number of carbonyl (C=O) groups excluding carboxylic acids is 3. The number of hydrogen-bond acceptors (Lipinski definition) is 5. The highest BCUT2D eigenvalue weighted by Gasteiger charge is 2.37. The van der Waals surface area contributed by atoms with Crippen LogP contribution in [0.3, 0.4) is 0 Å². The number of alkyl carbamates (subject to hydrolysis) is 1. The van der Waals surface area contributed by atoms with Gasteiger partial charge in [0, 0.05) is 18.2 Å². The molecule has 0 saturated heterocycles. The summed E-state index contributed by atoms with van der Waals surface area (Å²) in [5.74, 6) is 2.84. The van der Waals surface area contributed by atoms with Crippen molar-refractivity contribution in [2.75, 3.05) is 18.6 Å². The van der Waals surface area contributed by atoms with Crippen molar-refractivity contribution < 1.29 is 19.1 Å². The third-order valence-corrected chi connectivity index (χ3v) is 7.45. The fourth-order valence-electron chi connectivity index (χ4n) is 4.89. The Morgan fingerprint density at radius 1 is 1.15 bits per heavy atom. The minimum atomic E-state index is -0.902. The highest BCUT2D eigenvalue weighted by Crippen LogP contribution is 2.28. The topological polar surface area (TPSA) is 87.7 Å². The second kappa shape index (κ2) is 16.4. The van der Waals surface area contributed by atoms with Crippen LogP contribution in [0.25, 0.3) is 0 Å². The molecule has 39 heavy (non-hydrogen) atoms. The van der Waals surface area contributed by atoms with Crippen LogP contribution < -0.4 is 10.6 Å². The molecule has 0 aromatic heterocycles. The number of unbranched alkanes of at least 4 members (excludes halogenated alkanes) is 2. The largest absolute Gasteiger partial charge is 0.444 e. The van der Waals surface area contributed by atoms with Crippen molar-refractivity contribution in [1.29, 1.82) is 0 Å². The SMILES string of the molecule is C#Cc1ccccc1C(C(=O)NC1CCCCC1)N(CCCCC)C(=O)C(CCSC)NC(=O)OC(C)(C)C. The Bertz CT molecular complexity index is 979. The van der Waals surface area contributed by atoms with Gasteiger partial charge in [-0.3, -0.25) is 9.59 Å². The van der Waals surface area contributed by atoms with E-state index in [1.165, 1.54) is 6.42 Å². The van der Waals surface area contributed by atoms with Crippen LogP contribution in [0.15, 0.2) is 24.3 Å². The number of carbonyl (C=O) groups is 3. The third-order valence-electron chi connectivity index (χ3n) is 6.81. The summed E-state index contributed by atoms with van der Waals surface area (Å²) in [6.45, 7) is 7.82. The lowest BCUT2D eigenvalue weighted by atomic mass is 9.93. The van der Waals surface area contributed by atoms with Crippen molar-refractivity contribution in [2.45, 2.75) is 109 Å². The molecule has 0 bridgehead atoms. The summed E-state index contributed by atoms with van der Waals surface area (Å²) in [5, 5.41) is 6.03. The number of amides is 3. The van der Waals surface area contributed by atoms with Gasteiger partial charge in [0.1, 0.15) is 17.7 Å². The molecule has 1 saturated carbocycles. The standard InChI is InChI=1S/C31H47N3O4S/c1-7-9-15-21-34(29(36)26(20-22-39-6)33-30(37)38-31(3,4)5)27(25-19-14-13-16-23(25)8-2)28(35)32-24-17-11-10-12-18-24/h2,13-14,16,19,24,26-27H,7,9-12,15,17-18,20-22H2,1,3-6H3,(H,32,35)(H,33,37). The van der Waals surface area contributed by atoms with Crippen LogP contribution in [0.5, 0.6) is 0 Å². The molecule has 216 valence electrons. The van der Waals surface area contributed by atoms with Crippen LogP contribution >= 0.6 is 11.8 Å². The third kappa shape index (κ3) is 10.8. The first-order valence-corrected chi connectivity index (χ1v) is 15.7. The van der Waals surface area contributed by atoms with E-state index in [9.17, 15) is 14.4 Å². The van der Waals surface area contributed by atoms with Crippen molar-refractivity contribution in [2.24, 2.45) is 0 Å². The maximum atomic E-state index is 14.3. The molecule has 8 heteroatoms. The average Bonchev–Trinajstić information content (AvgIpc) is 2.89. The number of terminal acetylenes is 1. The zero-order valence-electron chi connectivity index (χ0n) is 24.4. The zero-order valence-corrected chi connectivity index (χ0v) is 25.2. The van der Waals surface area contributed by atoms with Crippen LogP contribution in [0.1, 0.15) is 103 Å².